The number of fused-ring (bicyclic) bond motifs is 1. The van der Waals surface area contributed by atoms with E-state index in [0.717, 1.165) is 73.8 Å². The first-order valence-corrected chi connectivity index (χ1v) is 16.1. The van der Waals surface area contributed by atoms with Gasteiger partial charge in [0.1, 0.15) is 5.75 Å². The quantitative estimate of drug-likeness (QED) is 0.413. The van der Waals surface area contributed by atoms with Gasteiger partial charge in [-0.2, -0.15) is 21.6 Å². The van der Waals surface area contributed by atoms with Crippen LogP contribution in [0.3, 0.4) is 0 Å². The lowest BCUT2D eigenvalue weighted by molar-refractivity contribution is -0.175. The lowest BCUT2D eigenvalue weighted by atomic mass is 9.46. The van der Waals surface area contributed by atoms with E-state index < -0.39 is 26.6 Å². The Morgan fingerprint density at radius 2 is 2.00 bits per heavy atom. The first-order chi connectivity index (χ1) is 19.4. The summed E-state index contributed by atoms with van der Waals surface area (Å²) in [6.45, 7) is 6.72. The molecule has 12 heteroatoms. The highest BCUT2D eigenvalue weighted by atomic mass is 32.2. The summed E-state index contributed by atoms with van der Waals surface area (Å²) in [4.78, 5) is 9.95. The largest absolute Gasteiger partial charge is 0.534 e. The van der Waals surface area contributed by atoms with Crippen LogP contribution in [0.5, 0.6) is 5.75 Å². The monoisotopic (exact) mass is 592 g/mol. The third kappa shape index (κ3) is 3.62. The summed E-state index contributed by atoms with van der Waals surface area (Å²) in [5.74, 6) is 0.568. The molecule has 8 rings (SSSR count). The van der Waals surface area contributed by atoms with Gasteiger partial charge in [-0.15, -0.1) is 0 Å². The van der Waals surface area contributed by atoms with Gasteiger partial charge in [0.25, 0.3) is 0 Å². The Bertz CT molecular complexity index is 1480. The predicted octanol–water partition coefficient (Wildman–Crippen LogP) is 3.68. The van der Waals surface area contributed by atoms with Crippen LogP contribution in [-0.4, -0.2) is 79.2 Å². The summed E-state index contributed by atoms with van der Waals surface area (Å²) in [6, 6.07) is 5.12. The van der Waals surface area contributed by atoms with Crippen molar-refractivity contribution in [3.05, 3.63) is 41.1 Å². The summed E-state index contributed by atoms with van der Waals surface area (Å²) >= 11 is 0. The first kappa shape index (κ1) is 26.5. The van der Waals surface area contributed by atoms with Crippen molar-refractivity contribution in [3.63, 3.8) is 0 Å². The van der Waals surface area contributed by atoms with E-state index in [1.54, 1.807) is 12.1 Å². The molecule has 1 aromatic carbocycles. The number of rotatable bonds is 5. The Morgan fingerprint density at radius 1 is 1.20 bits per heavy atom. The molecule has 4 heterocycles. The maximum atomic E-state index is 13.2. The molecule has 0 amide bonds. The number of nitrogens with zero attached hydrogens (tertiary/aromatic N) is 3. The lowest BCUT2D eigenvalue weighted by Gasteiger charge is -2.65. The molecule has 1 N–H and O–H groups in total. The lowest BCUT2D eigenvalue weighted by Crippen LogP contribution is -2.74. The fourth-order valence-electron chi connectivity index (χ4n) is 9.53. The summed E-state index contributed by atoms with van der Waals surface area (Å²) in [5.41, 5.74) is -2.37. The van der Waals surface area contributed by atoms with E-state index in [1.165, 1.54) is 18.9 Å². The van der Waals surface area contributed by atoms with E-state index in [2.05, 4.69) is 19.3 Å². The molecule has 4 bridgehead atoms. The molecule has 7 atom stereocenters. The highest BCUT2D eigenvalue weighted by molar-refractivity contribution is 7.88. The van der Waals surface area contributed by atoms with E-state index >= 15 is 0 Å². The van der Waals surface area contributed by atoms with E-state index in [1.807, 2.05) is 19.9 Å². The van der Waals surface area contributed by atoms with Crippen LogP contribution in [0.15, 0.2) is 35.0 Å². The van der Waals surface area contributed by atoms with Crippen LogP contribution in [0.1, 0.15) is 57.1 Å². The van der Waals surface area contributed by atoms with Gasteiger partial charge in [0, 0.05) is 47.9 Å². The molecule has 41 heavy (non-hydrogen) atoms. The summed E-state index contributed by atoms with van der Waals surface area (Å²) in [5, 5.41) is 3.53. The summed E-state index contributed by atoms with van der Waals surface area (Å²) in [7, 11) is -5.78. The fourth-order valence-corrected chi connectivity index (χ4v) is 9.99. The molecule has 6 unspecified atom stereocenters. The number of piperidine rings is 1. The topological polar surface area (TPSA) is 83.5 Å². The molecule has 2 saturated carbocycles. The number of ether oxygens (including phenoxy) is 1. The van der Waals surface area contributed by atoms with Gasteiger partial charge >= 0.3 is 15.6 Å². The minimum atomic E-state index is -5.78. The number of allylic oxidation sites excluding steroid dienone is 2. The Labute approximate surface area is 238 Å². The van der Waals surface area contributed by atoms with Crippen LogP contribution in [0.4, 0.5) is 13.2 Å². The zero-order valence-corrected chi connectivity index (χ0v) is 24.0. The van der Waals surface area contributed by atoms with Crippen LogP contribution in [-0.2, 0) is 26.7 Å². The van der Waals surface area contributed by atoms with Gasteiger partial charge in [0.2, 0.25) is 0 Å². The van der Waals surface area contributed by atoms with Crippen LogP contribution in [0.25, 0.3) is 0 Å². The van der Waals surface area contributed by atoms with Crippen molar-refractivity contribution < 1.29 is 30.5 Å². The van der Waals surface area contributed by atoms with Crippen molar-refractivity contribution in [2.75, 3.05) is 19.6 Å². The van der Waals surface area contributed by atoms with Gasteiger partial charge in [-0.05, 0) is 94.2 Å². The molecule has 4 aliphatic heterocycles. The van der Waals surface area contributed by atoms with Gasteiger partial charge in [0.15, 0.2) is 6.29 Å². The molecule has 222 valence electrons. The van der Waals surface area contributed by atoms with E-state index in [-0.39, 0.29) is 36.1 Å². The van der Waals surface area contributed by atoms with Crippen LogP contribution in [0, 0.1) is 11.8 Å². The van der Waals surface area contributed by atoms with Crippen LogP contribution in [0.2, 0.25) is 0 Å². The second-order valence-electron chi connectivity index (χ2n) is 13.2. The molecular formula is C29H35F3N4O4S. The summed E-state index contributed by atoms with van der Waals surface area (Å²) < 4.78 is 75.6. The third-order valence-corrected chi connectivity index (χ3v) is 12.0. The number of nitrogens with one attached hydrogen (secondary N) is 1. The van der Waals surface area contributed by atoms with Gasteiger partial charge in [-0.3, -0.25) is 14.8 Å². The second kappa shape index (κ2) is 8.48. The number of likely N-dealkylation sites (tertiary alicyclic amines) is 2. The average Bonchev–Trinajstić information content (AvgIpc) is 3.57. The maximum Gasteiger partial charge on any atom is 0.534 e. The van der Waals surface area contributed by atoms with Gasteiger partial charge < -0.3 is 14.2 Å². The number of aliphatic imine (C=N–C) groups is 1. The predicted molar refractivity (Wildman–Crippen MR) is 145 cm³/mol. The van der Waals surface area contributed by atoms with E-state index in [0.29, 0.717) is 0 Å². The Morgan fingerprint density at radius 3 is 2.73 bits per heavy atom. The maximum absolute atomic E-state index is 13.2. The van der Waals surface area contributed by atoms with Crippen molar-refractivity contribution in [2.24, 2.45) is 16.8 Å². The molecular weight excluding hydrogens is 557 g/mol. The van der Waals surface area contributed by atoms with Gasteiger partial charge in [0.05, 0.1) is 11.7 Å². The number of halogens is 3. The fraction of sp³-hybridized carbons (Fsp3) is 0.690. The minimum absolute atomic E-state index is 0.0381. The van der Waals surface area contributed by atoms with E-state index in [9.17, 15) is 21.6 Å². The minimum Gasteiger partial charge on any atom is -0.376 e. The van der Waals surface area contributed by atoms with Gasteiger partial charge in [-0.25, -0.2) is 0 Å². The Balaban J connectivity index is 1.23. The molecule has 0 radical (unpaired) electrons. The highest BCUT2D eigenvalue weighted by Gasteiger charge is 2.78. The Kier molecular flexibility index (Phi) is 5.48. The molecule has 5 fully saturated rings. The smallest absolute Gasteiger partial charge is 0.376 e. The molecule has 3 saturated heterocycles. The number of hydrogen-bond acceptors (Lipinski definition) is 8. The number of alkyl halides is 3. The first-order valence-electron chi connectivity index (χ1n) is 14.7. The van der Waals surface area contributed by atoms with Crippen LogP contribution >= 0.6 is 0 Å². The molecule has 3 aliphatic carbocycles. The number of hydrogen-bond donors (Lipinski definition) is 1. The Hall–Kier alpha value is -2.15. The van der Waals surface area contributed by atoms with Crippen molar-refractivity contribution in [3.8, 4) is 5.75 Å². The molecule has 0 aromatic heterocycles. The standard InChI is InChI=1S/C29H35F3N4O4S/c1-16-11-17(2)34-26(33-16)36-15-23-25-22(36)7-8-28(39-23)24-12-19-5-6-20(40-41(37,38)29(30,31)32)13-21(19)27(25,28)9-10-35(24)14-18-3-4-18/h5-6,11,13,18,22-26,33H,3-4,7-10,12,14-15H2,1-2H3/t22?,23-,24?,25?,26?,27?,28?/m1/s1. The van der Waals surface area contributed by atoms with Gasteiger partial charge in [-0.1, -0.05) is 6.07 Å². The van der Waals surface area contributed by atoms with Crippen molar-refractivity contribution in [1.29, 1.82) is 0 Å². The second-order valence-corrected chi connectivity index (χ2v) is 14.7. The molecule has 8 nitrogen and oxygen atoms in total. The van der Waals surface area contributed by atoms with Crippen molar-refractivity contribution in [2.45, 2.75) is 93.4 Å². The normalized spacial score (nSPS) is 39.9. The van der Waals surface area contributed by atoms with E-state index in [4.69, 9.17) is 9.73 Å². The third-order valence-electron chi connectivity index (χ3n) is 11.0. The molecule has 1 aromatic rings. The molecule has 7 aliphatic rings. The SMILES string of the molecule is CC1=CC(C)=NC(N2C[C@H]3OC45CCC2C3C42CCN(CC3CC3)C5Cc3ccc(OS(=O)(=O)C(F)(F)F)cc32)N1. The van der Waals surface area contributed by atoms with Crippen LogP contribution < -0.4 is 9.50 Å². The van der Waals surface area contributed by atoms with Crippen molar-refractivity contribution in [1.82, 2.24) is 15.1 Å². The zero-order valence-electron chi connectivity index (χ0n) is 23.2. The number of benzene rings is 1. The van der Waals surface area contributed by atoms with Crippen molar-refractivity contribution >= 4 is 15.8 Å². The molecule has 0 spiro atoms. The summed E-state index contributed by atoms with van der Waals surface area (Å²) in [6.07, 6.45) is 7.69. The average molecular weight is 593 g/mol. The highest BCUT2D eigenvalue weighted by Crippen LogP contribution is 2.70. The zero-order chi connectivity index (χ0) is 28.5.